The molecule has 1 aliphatic rings. The highest BCUT2D eigenvalue weighted by molar-refractivity contribution is 5.93. The summed E-state index contributed by atoms with van der Waals surface area (Å²) < 4.78 is 0. The number of aromatic nitrogens is 2. The number of hydrogen-bond donors (Lipinski definition) is 1. The number of aryl methyl sites for hydroxylation is 2. The Balaban J connectivity index is 1.51. The molecule has 1 fully saturated rings. The smallest absolute Gasteiger partial charge is 0.263 e. The average molecular weight is 354 g/mol. The summed E-state index contributed by atoms with van der Waals surface area (Å²) in [6.45, 7) is 5.90. The van der Waals surface area contributed by atoms with Gasteiger partial charge in [0.15, 0.2) is 0 Å². The lowest BCUT2D eigenvalue weighted by molar-refractivity contribution is 0.0759. The van der Waals surface area contributed by atoms with Crippen LogP contribution in [-0.2, 0) is 6.42 Å². The van der Waals surface area contributed by atoms with Crippen molar-refractivity contribution in [2.45, 2.75) is 26.2 Å². The number of hydrogen-bond acceptors (Lipinski definition) is 4. The number of carbonyl (C=O) groups excluding carboxylic acids is 1. The van der Waals surface area contributed by atoms with E-state index in [4.69, 9.17) is 0 Å². The van der Waals surface area contributed by atoms with Gasteiger partial charge >= 0.3 is 0 Å². The van der Waals surface area contributed by atoms with Crippen molar-refractivity contribution in [1.82, 2.24) is 19.8 Å². The largest absolute Gasteiger partial charge is 0.337 e. The highest BCUT2D eigenvalue weighted by Gasteiger charge is 2.22. The molecule has 1 N–H and O–H groups in total. The molecule has 1 aromatic heterocycles. The lowest BCUT2D eigenvalue weighted by Gasteiger charge is -2.21. The van der Waals surface area contributed by atoms with Crippen molar-refractivity contribution in [3.8, 4) is 0 Å². The Hall–Kier alpha value is -2.47. The number of nitrogens with zero attached hydrogens (tertiary/aromatic N) is 3. The summed E-state index contributed by atoms with van der Waals surface area (Å²) in [7, 11) is 0. The quantitative estimate of drug-likeness (QED) is 0.890. The molecule has 1 saturated heterocycles. The SMILES string of the molecule is Cc1ncc(C(=O)N2CCCN(CCCc3ccccc3)CC2)c(=O)[nH]1. The van der Waals surface area contributed by atoms with Gasteiger partial charge in [0.2, 0.25) is 0 Å². The van der Waals surface area contributed by atoms with Gasteiger partial charge in [-0.15, -0.1) is 0 Å². The van der Waals surface area contributed by atoms with Crippen molar-refractivity contribution in [1.29, 1.82) is 0 Å². The first-order chi connectivity index (χ1) is 12.6. The van der Waals surface area contributed by atoms with Crippen LogP contribution in [0.1, 0.15) is 34.6 Å². The van der Waals surface area contributed by atoms with Crippen molar-refractivity contribution in [3.05, 3.63) is 63.8 Å². The van der Waals surface area contributed by atoms with Crippen molar-refractivity contribution in [3.63, 3.8) is 0 Å². The van der Waals surface area contributed by atoms with Crippen molar-refractivity contribution in [2.24, 2.45) is 0 Å². The standard InChI is InChI=1S/C20H26N4O2/c1-16-21-15-18(19(25)22-16)20(26)24-12-6-11-23(13-14-24)10-5-9-17-7-3-2-4-8-17/h2-4,7-8,15H,5-6,9-14H2,1H3,(H,21,22,25). The van der Waals surface area contributed by atoms with E-state index in [-0.39, 0.29) is 17.0 Å². The van der Waals surface area contributed by atoms with Crippen LogP contribution >= 0.6 is 0 Å². The molecule has 0 unspecified atom stereocenters. The third-order valence-corrected chi connectivity index (χ3v) is 4.82. The van der Waals surface area contributed by atoms with Gasteiger partial charge in [-0.2, -0.15) is 0 Å². The van der Waals surface area contributed by atoms with Crippen LogP contribution in [0.25, 0.3) is 0 Å². The van der Waals surface area contributed by atoms with Gasteiger partial charge in [0.25, 0.3) is 11.5 Å². The topological polar surface area (TPSA) is 69.3 Å². The van der Waals surface area contributed by atoms with E-state index in [0.29, 0.717) is 18.9 Å². The molecule has 2 aromatic rings. The highest BCUT2D eigenvalue weighted by Crippen LogP contribution is 2.09. The van der Waals surface area contributed by atoms with E-state index in [1.807, 2.05) is 6.07 Å². The predicted molar refractivity (Wildman–Crippen MR) is 101 cm³/mol. The molecule has 0 saturated carbocycles. The van der Waals surface area contributed by atoms with Crippen LogP contribution in [0, 0.1) is 6.92 Å². The summed E-state index contributed by atoms with van der Waals surface area (Å²) in [5.41, 5.74) is 1.14. The number of H-pyrrole nitrogens is 1. The number of rotatable bonds is 5. The molecule has 0 aliphatic carbocycles. The third-order valence-electron chi connectivity index (χ3n) is 4.82. The van der Waals surface area contributed by atoms with Crippen LogP contribution in [0.2, 0.25) is 0 Å². The molecule has 6 heteroatoms. The Labute approximate surface area is 153 Å². The zero-order valence-electron chi connectivity index (χ0n) is 15.3. The molecule has 1 aromatic carbocycles. The van der Waals surface area contributed by atoms with Gasteiger partial charge in [0, 0.05) is 25.8 Å². The monoisotopic (exact) mass is 354 g/mol. The Morgan fingerprint density at radius 2 is 1.96 bits per heavy atom. The van der Waals surface area contributed by atoms with Gasteiger partial charge in [-0.05, 0) is 44.8 Å². The lowest BCUT2D eigenvalue weighted by Crippen LogP contribution is -2.38. The number of carbonyl (C=O) groups is 1. The molecule has 6 nitrogen and oxygen atoms in total. The van der Waals surface area contributed by atoms with E-state index >= 15 is 0 Å². The zero-order valence-corrected chi connectivity index (χ0v) is 15.3. The summed E-state index contributed by atoms with van der Waals surface area (Å²) in [6, 6.07) is 10.5. The fraction of sp³-hybridized carbons (Fsp3) is 0.450. The predicted octanol–water partition coefficient (Wildman–Crippen LogP) is 1.86. The maximum atomic E-state index is 12.6. The second kappa shape index (κ2) is 8.76. The van der Waals surface area contributed by atoms with Gasteiger partial charge in [0.1, 0.15) is 11.4 Å². The van der Waals surface area contributed by atoms with Crippen molar-refractivity contribution < 1.29 is 4.79 Å². The Morgan fingerprint density at radius 1 is 1.15 bits per heavy atom. The molecular formula is C20H26N4O2. The van der Waals surface area contributed by atoms with E-state index in [1.54, 1.807) is 11.8 Å². The molecule has 0 radical (unpaired) electrons. The summed E-state index contributed by atoms with van der Waals surface area (Å²) >= 11 is 0. The maximum absolute atomic E-state index is 12.6. The minimum atomic E-state index is -0.355. The number of nitrogens with one attached hydrogen (secondary N) is 1. The van der Waals surface area contributed by atoms with Crippen molar-refractivity contribution >= 4 is 5.91 Å². The van der Waals surface area contributed by atoms with Gasteiger partial charge in [-0.25, -0.2) is 4.98 Å². The van der Waals surface area contributed by atoms with Gasteiger partial charge in [-0.1, -0.05) is 30.3 Å². The molecule has 0 atom stereocenters. The number of benzene rings is 1. The van der Waals surface area contributed by atoms with Crippen LogP contribution in [-0.4, -0.2) is 58.4 Å². The number of aromatic amines is 1. The molecular weight excluding hydrogens is 328 g/mol. The molecule has 0 bridgehead atoms. The van der Waals surface area contributed by atoms with Crippen LogP contribution in [0.5, 0.6) is 0 Å². The Kier molecular flexibility index (Phi) is 6.17. The van der Waals surface area contributed by atoms with E-state index in [2.05, 4.69) is 39.1 Å². The average Bonchev–Trinajstić information content (AvgIpc) is 2.88. The van der Waals surface area contributed by atoms with E-state index in [1.165, 1.54) is 11.8 Å². The first-order valence-electron chi connectivity index (χ1n) is 9.25. The van der Waals surface area contributed by atoms with Crippen LogP contribution in [0.4, 0.5) is 0 Å². The van der Waals surface area contributed by atoms with Gasteiger partial charge in [-0.3, -0.25) is 9.59 Å². The minimum Gasteiger partial charge on any atom is -0.337 e. The van der Waals surface area contributed by atoms with Crippen LogP contribution < -0.4 is 5.56 Å². The van der Waals surface area contributed by atoms with E-state index in [9.17, 15) is 9.59 Å². The summed E-state index contributed by atoms with van der Waals surface area (Å²) in [4.78, 5) is 35.5. The number of amides is 1. The molecule has 3 rings (SSSR count). The van der Waals surface area contributed by atoms with Crippen LogP contribution in [0.15, 0.2) is 41.3 Å². The summed E-state index contributed by atoms with van der Waals surface area (Å²) in [6.07, 6.45) is 4.50. The fourth-order valence-electron chi connectivity index (χ4n) is 3.36. The second-order valence-electron chi connectivity index (χ2n) is 6.79. The maximum Gasteiger partial charge on any atom is 0.263 e. The first kappa shape index (κ1) is 18.3. The molecule has 138 valence electrons. The van der Waals surface area contributed by atoms with E-state index < -0.39 is 0 Å². The zero-order chi connectivity index (χ0) is 18.4. The van der Waals surface area contributed by atoms with Gasteiger partial charge in [0.05, 0.1) is 0 Å². The normalized spacial score (nSPS) is 15.7. The minimum absolute atomic E-state index is 0.133. The molecule has 26 heavy (non-hydrogen) atoms. The highest BCUT2D eigenvalue weighted by atomic mass is 16.2. The Bertz CT molecular complexity index is 788. The molecule has 1 amide bonds. The van der Waals surface area contributed by atoms with Gasteiger partial charge < -0.3 is 14.8 Å². The van der Waals surface area contributed by atoms with Crippen molar-refractivity contribution in [2.75, 3.05) is 32.7 Å². The second-order valence-corrected chi connectivity index (χ2v) is 6.79. The lowest BCUT2D eigenvalue weighted by atomic mass is 10.1. The van der Waals surface area contributed by atoms with Crippen LogP contribution in [0.3, 0.4) is 0 Å². The fourth-order valence-corrected chi connectivity index (χ4v) is 3.36. The molecule has 0 spiro atoms. The summed E-state index contributed by atoms with van der Waals surface area (Å²) in [5, 5.41) is 0. The van der Waals surface area contributed by atoms with E-state index in [0.717, 1.165) is 38.9 Å². The molecule has 2 heterocycles. The molecule has 1 aliphatic heterocycles. The first-order valence-corrected chi connectivity index (χ1v) is 9.25. The summed E-state index contributed by atoms with van der Waals surface area (Å²) in [5.74, 6) is 0.303. The third kappa shape index (κ3) is 4.79. The Morgan fingerprint density at radius 3 is 2.73 bits per heavy atom.